The van der Waals surface area contributed by atoms with Gasteiger partial charge in [-0.15, -0.1) is 11.3 Å². The molecular weight excluding hydrogens is 308 g/mol. The third-order valence-corrected chi connectivity index (χ3v) is 5.03. The Hall–Kier alpha value is -2.47. The lowest BCUT2D eigenvalue weighted by molar-refractivity contribution is 0.0777. The summed E-state index contributed by atoms with van der Waals surface area (Å²) in [7, 11) is 0. The number of fused-ring (bicyclic) bond motifs is 1. The predicted molar refractivity (Wildman–Crippen MR) is 91.4 cm³/mol. The third-order valence-electron chi connectivity index (χ3n) is 4.13. The molecule has 0 fully saturated rings. The fraction of sp³-hybridized carbons (Fsp3) is 0.235. The summed E-state index contributed by atoms with van der Waals surface area (Å²) in [5.74, 6) is 0.0755. The molecule has 0 saturated heterocycles. The molecule has 5 nitrogen and oxygen atoms in total. The molecule has 0 radical (unpaired) electrons. The molecule has 4 rings (SSSR count). The lowest BCUT2D eigenvalue weighted by Gasteiger charge is -2.26. The number of carbonyl (C=O) groups is 1. The minimum absolute atomic E-state index is 0.0755. The van der Waals surface area contributed by atoms with Crippen molar-refractivity contribution in [1.29, 1.82) is 0 Å². The zero-order valence-electron chi connectivity index (χ0n) is 12.7. The summed E-state index contributed by atoms with van der Waals surface area (Å²) in [6, 6.07) is 4.03. The number of carbonyl (C=O) groups excluding carboxylic acids is 1. The fourth-order valence-electron chi connectivity index (χ4n) is 2.94. The maximum atomic E-state index is 12.5. The molecule has 0 spiro atoms. The monoisotopic (exact) mass is 324 g/mol. The highest BCUT2D eigenvalue weighted by atomic mass is 32.1. The average Bonchev–Trinajstić information content (AvgIpc) is 3.21. The van der Waals surface area contributed by atoms with Gasteiger partial charge in [-0.05, 0) is 31.1 Å². The van der Waals surface area contributed by atoms with Gasteiger partial charge in [-0.1, -0.05) is 6.08 Å². The highest BCUT2D eigenvalue weighted by Gasteiger charge is 2.21. The number of hydrogen-bond acceptors (Lipinski definition) is 4. The Morgan fingerprint density at radius 3 is 3.04 bits per heavy atom. The lowest BCUT2D eigenvalue weighted by Crippen LogP contribution is -2.34. The summed E-state index contributed by atoms with van der Waals surface area (Å²) in [4.78, 5) is 26.8. The van der Waals surface area contributed by atoms with Crippen molar-refractivity contribution in [2.75, 3.05) is 13.1 Å². The van der Waals surface area contributed by atoms with E-state index in [0.29, 0.717) is 6.54 Å². The van der Waals surface area contributed by atoms with E-state index in [2.05, 4.69) is 27.1 Å². The van der Waals surface area contributed by atoms with Crippen molar-refractivity contribution >= 4 is 33.9 Å². The molecule has 0 aliphatic carbocycles. The van der Waals surface area contributed by atoms with Gasteiger partial charge in [0.05, 0.1) is 11.2 Å². The second-order valence-electron chi connectivity index (χ2n) is 5.58. The normalized spacial score (nSPS) is 15.0. The molecule has 0 bridgehead atoms. The average molecular weight is 324 g/mol. The van der Waals surface area contributed by atoms with E-state index in [9.17, 15) is 4.79 Å². The Labute approximate surface area is 137 Å². The first-order chi connectivity index (χ1) is 11.2. The molecule has 1 amide bonds. The molecule has 1 aliphatic heterocycles. The van der Waals surface area contributed by atoms with Crippen molar-refractivity contribution in [1.82, 2.24) is 19.9 Å². The van der Waals surface area contributed by atoms with Crippen LogP contribution in [0.1, 0.15) is 26.7 Å². The van der Waals surface area contributed by atoms with E-state index in [0.717, 1.165) is 33.9 Å². The third kappa shape index (κ3) is 2.55. The summed E-state index contributed by atoms with van der Waals surface area (Å²) in [6.45, 7) is 3.29. The molecule has 4 heterocycles. The quantitative estimate of drug-likeness (QED) is 0.787. The summed E-state index contributed by atoms with van der Waals surface area (Å²) < 4.78 is 0. The maximum Gasteiger partial charge on any atom is 0.265 e. The standard InChI is InChI=1S/C17H16N4OS/c1-11-19-10-15(23-11)17(22)21-7-4-12(5-8-21)14-9-20-16-13(14)3-2-6-18-16/h2-4,6,9-10H,5,7-8H2,1H3,(H,18,20). The molecule has 0 atom stereocenters. The lowest BCUT2D eigenvalue weighted by atomic mass is 9.99. The van der Waals surface area contributed by atoms with Gasteiger partial charge in [0, 0.05) is 36.4 Å². The number of amides is 1. The Morgan fingerprint density at radius 2 is 2.30 bits per heavy atom. The highest BCUT2D eigenvalue weighted by Crippen LogP contribution is 2.29. The van der Waals surface area contributed by atoms with Crippen molar-refractivity contribution < 1.29 is 4.79 Å². The zero-order valence-corrected chi connectivity index (χ0v) is 13.6. The number of aryl methyl sites for hydroxylation is 1. The highest BCUT2D eigenvalue weighted by molar-refractivity contribution is 7.13. The molecule has 1 aliphatic rings. The summed E-state index contributed by atoms with van der Waals surface area (Å²) >= 11 is 1.45. The molecule has 3 aromatic heterocycles. The number of aromatic amines is 1. The van der Waals surface area contributed by atoms with Gasteiger partial charge in [0.1, 0.15) is 10.5 Å². The first-order valence-electron chi connectivity index (χ1n) is 7.55. The SMILES string of the molecule is Cc1ncc(C(=O)N2CC=C(c3c[nH]c4ncccc34)CC2)s1. The molecule has 23 heavy (non-hydrogen) atoms. The zero-order chi connectivity index (χ0) is 15.8. The molecule has 0 unspecified atom stereocenters. The molecule has 1 N–H and O–H groups in total. The van der Waals surface area contributed by atoms with Gasteiger partial charge in [0.2, 0.25) is 0 Å². The van der Waals surface area contributed by atoms with Gasteiger partial charge >= 0.3 is 0 Å². The molecule has 6 heteroatoms. The molecular formula is C17H16N4OS. The minimum Gasteiger partial charge on any atom is -0.346 e. The van der Waals surface area contributed by atoms with Gasteiger partial charge in [-0.25, -0.2) is 9.97 Å². The maximum absolute atomic E-state index is 12.5. The van der Waals surface area contributed by atoms with Gasteiger partial charge in [0.15, 0.2) is 0 Å². The van der Waals surface area contributed by atoms with Crippen LogP contribution in [0.25, 0.3) is 16.6 Å². The van der Waals surface area contributed by atoms with Crippen LogP contribution in [0, 0.1) is 6.92 Å². The van der Waals surface area contributed by atoms with E-state index in [1.54, 1.807) is 12.4 Å². The Morgan fingerprint density at radius 1 is 1.39 bits per heavy atom. The fourth-order valence-corrected chi connectivity index (χ4v) is 3.68. The van der Waals surface area contributed by atoms with Crippen LogP contribution in [-0.4, -0.2) is 38.8 Å². The van der Waals surface area contributed by atoms with Crippen molar-refractivity contribution in [3.8, 4) is 0 Å². The number of H-pyrrole nitrogens is 1. The van der Waals surface area contributed by atoms with E-state index in [4.69, 9.17) is 0 Å². The van der Waals surface area contributed by atoms with Crippen LogP contribution in [0.2, 0.25) is 0 Å². The van der Waals surface area contributed by atoms with Crippen molar-refractivity contribution in [2.24, 2.45) is 0 Å². The molecule has 0 aromatic carbocycles. The minimum atomic E-state index is 0.0755. The van der Waals surface area contributed by atoms with Crippen LogP contribution < -0.4 is 0 Å². The molecule has 3 aromatic rings. The summed E-state index contributed by atoms with van der Waals surface area (Å²) in [5, 5.41) is 2.06. The van der Waals surface area contributed by atoms with Crippen LogP contribution in [0.15, 0.2) is 36.8 Å². The molecule has 0 saturated carbocycles. The number of pyridine rings is 1. The van der Waals surface area contributed by atoms with E-state index < -0.39 is 0 Å². The van der Waals surface area contributed by atoms with E-state index in [1.807, 2.05) is 24.1 Å². The van der Waals surface area contributed by atoms with E-state index >= 15 is 0 Å². The smallest absolute Gasteiger partial charge is 0.265 e. The summed E-state index contributed by atoms with van der Waals surface area (Å²) in [6.07, 6.45) is 8.46. The second-order valence-corrected chi connectivity index (χ2v) is 6.81. The van der Waals surface area contributed by atoms with Crippen molar-refractivity contribution in [3.63, 3.8) is 0 Å². The van der Waals surface area contributed by atoms with Crippen LogP contribution in [0.3, 0.4) is 0 Å². The van der Waals surface area contributed by atoms with E-state index in [1.165, 1.54) is 22.5 Å². The first kappa shape index (κ1) is 14.1. The van der Waals surface area contributed by atoms with Crippen LogP contribution in [0.5, 0.6) is 0 Å². The van der Waals surface area contributed by atoms with Gasteiger partial charge in [0.25, 0.3) is 5.91 Å². The van der Waals surface area contributed by atoms with Gasteiger partial charge in [-0.2, -0.15) is 0 Å². The Kier molecular flexibility index (Phi) is 3.46. The van der Waals surface area contributed by atoms with Crippen molar-refractivity contribution in [3.05, 3.63) is 52.2 Å². The number of nitrogens with one attached hydrogen (secondary N) is 1. The summed E-state index contributed by atoms with van der Waals surface area (Å²) in [5.41, 5.74) is 3.37. The second kappa shape index (κ2) is 5.62. The first-order valence-corrected chi connectivity index (χ1v) is 8.37. The number of thiazole rings is 1. The predicted octanol–water partition coefficient (Wildman–Crippen LogP) is 3.26. The Balaban J connectivity index is 1.56. The largest absolute Gasteiger partial charge is 0.346 e. The van der Waals surface area contributed by atoms with Crippen molar-refractivity contribution in [2.45, 2.75) is 13.3 Å². The molecule has 116 valence electrons. The Bertz CT molecular complexity index is 908. The van der Waals surface area contributed by atoms with Crippen LogP contribution >= 0.6 is 11.3 Å². The topological polar surface area (TPSA) is 61.9 Å². The van der Waals surface area contributed by atoms with E-state index in [-0.39, 0.29) is 5.91 Å². The van der Waals surface area contributed by atoms with Gasteiger partial charge < -0.3 is 9.88 Å². The number of nitrogens with zero attached hydrogens (tertiary/aromatic N) is 3. The number of rotatable bonds is 2. The number of hydrogen-bond donors (Lipinski definition) is 1. The van der Waals surface area contributed by atoms with Gasteiger partial charge in [-0.3, -0.25) is 4.79 Å². The number of aromatic nitrogens is 3. The van der Waals surface area contributed by atoms with Crippen LogP contribution in [-0.2, 0) is 0 Å². The van der Waals surface area contributed by atoms with Crippen LogP contribution in [0.4, 0.5) is 0 Å².